The van der Waals surface area contributed by atoms with E-state index in [2.05, 4.69) is 27.2 Å². The van der Waals surface area contributed by atoms with Crippen LogP contribution >= 0.6 is 11.6 Å². The molecule has 0 aliphatic rings. The molecule has 0 unspecified atom stereocenters. The van der Waals surface area contributed by atoms with E-state index in [0.717, 1.165) is 37.3 Å². The molecule has 2 heterocycles. The third-order valence-electron chi connectivity index (χ3n) is 3.37. The van der Waals surface area contributed by atoms with Crippen LogP contribution in [0, 0.1) is 13.8 Å². The molecule has 1 N–H and O–H groups in total. The average Bonchev–Trinajstić information content (AvgIpc) is 2.46. The number of hydrogen-bond acceptors (Lipinski definition) is 4. The van der Waals surface area contributed by atoms with Gasteiger partial charge < -0.3 is 5.32 Å². The molecule has 0 bridgehead atoms. The van der Waals surface area contributed by atoms with Crippen molar-refractivity contribution >= 4 is 11.6 Å². The molecule has 0 saturated carbocycles. The molecule has 0 radical (unpaired) electrons. The summed E-state index contributed by atoms with van der Waals surface area (Å²) in [6, 6.07) is 3.61. The Bertz CT molecular complexity index is 590. The molecule has 0 aliphatic heterocycles. The lowest BCUT2D eigenvalue weighted by molar-refractivity contribution is 0.666. The van der Waals surface area contributed by atoms with Gasteiger partial charge in [0.15, 0.2) is 5.82 Å². The molecular formula is C16H21ClN4. The molecule has 21 heavy (non-hydrogen) atoms. The van der Waals surface area contributed by atoms with E-state index in [0.29, 0.717) is 16.5 Å². The lowest BCUT2D eigenvalue weighted by atomic mass is 10.1. The van der Waals surface area contributed by atoms with Crippen LogP contribution in [-0.2, 0) is 6.42 Å². The molecule has 2 aromatic rings. The Morgan fingerprint density at radius 3 is 2.48 bits per heavy atom. The minimum absolute atomic E-state index is 0.577. The first-order valence-electron chi connectivity index (χ1n) is 7.29. The van der Waals surface area contributed by atoms with E-state index in [9.17, 15) is 0 Å². The minimum Gasteiger partial charge on any atom is -0.316 e. The average molecular weight is 305 g/mol. The highest BCUT2D eigenvalue weighted by atomic mass is 35.5. The van der Waals surface area contributed by atoms with Crippen molar-refractivity contribution in [2.45, 2.75) is 33.6 Å². The summed E-state index contributed by atoms with van der Waals surface area (Å²) < 4.78 is 0. The maximum atomic E-state index is 6.17. The van der Waals surface area contributed by atoms with Gasteiger partial charge in [-0.3, -0.25) is 4.98 Å². The molecule has 0 aromatic carbocycles. The van der Waals surface area contributed by atoms with Crippen molar-refractivity contribution in [1.82, 2.24) is 20.3 Å². The van der Waals surface area contributed by atoms with Gasteiger partial charge in [0.05, 0.1) is 5.02 Å². The molecule has 5 heteroatoms. The third-order valence-corrected chi connectivity index (χ3v) is 3.67. The number of nitrogens with one attached hydrogen (secondary N) is 1. The summed E-state index contributed by atoms with van der Waals surface area (Å²) in [6.45, 7) is 8.19. The summed E-state index contributed by atoms with van der Waals surface area (Å²) >= 11 is 6.17. The minimum atomic E-state index is 0.577. The van der Waals surface area contributed by atoms with Gasteiger partial charge >= 0.3 is 0 Å². The Labute approximate surface area is 131 Å². The Morgan fingerprint density at radius 1 is 1.14 bits per heavy atom. The largest absolute Gasteiger partial charge is 0.316 e. The van der Waals surface area contributed by atoms with E-state index in [1.165, 1.54) is 5.56 Å². The van der Waals surface area contributed by atoms with Crippen molar-refractivity contribution < 1.29 is 0 Å². The van der Waals surface area contributed by atoms with E-state index in [-0.39, 0.29) is 0 Å². The van der Waals surface area contributed by atoms with Gasteiger partial charge in [-0.25, -0.2) is 9.97 Å². The number of hydrogen-bond donors (Lipinski definition) is 1. The molecule has 0 spiro atoms. The van der Waals surface area contributed by atoms with Crippen molar-refractivity contribution in [1.29, 1.82) is 0 Å². The van der Waals surface area contributed by atoms with Crippen molar-refractivity contribution in [2.24, 2.45) is 0 Å². The van der Waals surface area contributed by atoms with Gasteiger partial charge in [-0.15, -0.1) is 0 Å². The van der Waals surface area contributed by atoms with Crippen molar-refractivity contribution in [3.8, 4) is 11.5 Å². The molecule has 0 fully saturated rings. The number of aromatic nitrogens is 3. The molecule has 112 valence electrons. The Balaban J connectivity index is 2.23. The number of rotatable bonds is 6. The fourth-order valence-electron chi connectivity index (χ4n) is 2.27. The number of aryl methyl sites for hydroxylation is 2. The molecule has 2 rings (SSSR count). The van der Waals surface area contributed by atoms with Gasteiger partial charge in [-0.1, -0.05) is 18.5 Å². The lowest BCUT2D eigenvalue weighted by Crippen LogP contribution is -2.19. The highest BCUT2D eigenvalue weighted by Crippen LogP contribution is 2.23. The number of halogens is 1. The molecule has 0 saturated heterocycles. The SMILES string of the molecule is CCCNCCc1c(C)nc(-c2ncccc2Cl)nc1C. The predicted octanol–water partition coefficient (Wildman–Crippen LogP) is 3.35. The lowest BCUT2D eigenvalue weighted by Gasteiger charge is -2.11. The quantitative estimate of drug-likeness (QED) is 0.832. The first kappa shape index (κ1) is 15.9. The summed E-state index contributed by atoms with van der Waals surface area (Å²) in [5, 5.41) is 3.98. The van der Waals surface area contributed by atoms with Crippen LogP contribution in [0.25, 0.3) is 11.5 Å². The van der Waals surface area contributed by atoms with Gasteiger partial charge in [0.1, 0.15) is 5.69 Å². The zero-order chi connectivity index (χ0) is 15.2. The molecule has 0 amide bonds. The second-order valence-corrected chi connectivity index (χ2v) is 5.44. The summed E-state index contributed by atoms with van der Waals surface area (Å²) in [7, 11) is 0. The first-order chi connectivity index (χ1) is 10.1. The third kappa shape index (κ3) is 3.99. The summed E-state index contributed by atoms with van der Waals surface area (Å²) in [4.78, 5) is 13.4. The summed E-state index contributed by atoms with van der Waals surface area (Å²) in [6.07, 6.45) is 3.79. The summed E-state index contributed by atoms with van der Waals surface area (Å²) in [5.74, 6) is 0.598. The van der Waals surface area contributed by atoms with Crippen LogP contribution in [-0.4, -0.2) is 28.0 Å². The second kappa shape index (κ2) is 7.48. The van der Waals surface area contributed by atoms with Crippen LogP contribution in [0.4, 0.5) is 0 Å². The molecule has 0 aliphatic carbocycles. The zero-order valence-corrected chi connectivity index (χ0v) is 13.5. The van der Waals surface area contributed by atoms with Gasteiger partial charge in [-0.05, 0) is 57.5 Å². The van der Waals surface area contributed by atoms with Crippen LogP contribution in [0.2, 0.25) is 5.02 Å². The normalized spacial score (nSPS) is 10.9. The van der Waals surface area contributed by atoms with Crippen LogP contribution < -0.4 is 5.32 Å². The predicted molar refractivity (Wildman–Crippen MR) is 86.6 cm³/mol. The number of pyridine rings is 1. The highest BCUT2D eigenvalue weighted by molar-refractivity contribution is 6.32. The van der Waals surface area contributed by atoms with Crippen LogP contribution in [0.5, 0.6) is 0 Å². The number of nitrogens with zero attached hydrogens (tertiary/aromatic N) is 3. The van der Waals surface area contributed by atoms with Gasteiger partial charge in [0, 0.05) is 17.6 Å². The summed E-state index contributed by atoms with van der Waals surface area (Å²) in [5.41, 5.74) is 3.84. The molecule has 0 atom stereocenters. The van der Waals surface area contributed by atoms with Crippen molar-refractivity contribution in [3.63, 3.8) is 0 Å². The topological polar surface area (TPSA) is 50.7 Å². The van der Waals surface area contributed by atoms with Gasteiger partial charge in [-0.2, -0.15) is 0 Å². The Kier molecular flexibility index (Phi) is 5.65. The van der Waals surface area contributed by atoms with Crippen LogP contribution in [0.15, 0.2) is 18.3 Å². The van der Waals surface area contributed by atoms with E-state index >= 15 is 0 Å². The second-order valence-electron chi connectivity index (χ2n) is 5.03. The van der Waals surface area contributed by atoms with Gasteiger partial charge in [0.25, 0.3) is 0 Å². The van der Waals surface area contributed by atoms with Crippen LogP contribution in [0.1, 0.15) is 30.3 Å². The fourth-order valence-corrected chi connectivity index (χ4v) is 2.48. The van der Waals surface area contributed by atoms with E-state index < -0.39 is 0 Å². The molecular weight excluding hydrogens is 284 g/mol. The van der Waals surface area contributed by atoms with Crippen molar-refractivity contribution in [3.05, 3.63) is 40.3 Å². The smallest absolute Gasteiger partial charge is 0.180 e. The molecule has 4 nitrogen and oxygen atoms in total. The van der Waals surface area contributed by atoms with E-state index in [1.807, 2.05) is 13.8 Å². The standard InChI is InChI=1S/C16H21ClN4/c1-4-8-18-10-7-13-11(2)20-16(21-12(13)3)15-14(17)6-5-9-19-15/h5-6,9,18H,4,7-8,10H2,1-3H3. The zero-order valence-electron chi connectivity index (χ0n) is 12.8. The van der Waals surface area contributed by atoms with Crippen molar-refractivity contribution in [2.75, 3.05) is 13.1 Å². The Morgan fingerprint density at radius 2 is 1.86 bits per heavy atom. The Hall–Kier alpha value is -1.52. The first-order valence-corrected chi connectivity index (χ1v) is 7.67. The maximum absolute atomic E-state index is 6.17. The van der Waals surface area contributed by atoms with E-state index in [1.54, 1.807) is 18.3 Å². The maximum Gasteiger partial charge on any atom is 0.180 e. The van der Waals surface area contributed by atoms with Gasteiger partial charge in [0.2, 0.25) is 0 Å². The molecule has 2 aromatic heterocycles. The fraction of sp³-hybridized carbons (Fsp3) is 0.438. The van der Waals surface area contributed by atoms with E-state index in [4.69, 9.17) is 11.6 Å². The van der Waals surface area contributed by atoms with Crippen LogP contribution in [0.3, 0.4) is 0 Å². The monoisotopic (exact) mass is 304 g/mol. The highest BCUT2D eigenvalue weighted by Gasteiger charge is 2.12.